The topological polar surface area (TPSA) is 17.1 Å². The molecule has 0 amide bonds. The van der Waals surface area contributed by atoms with Crippen LogP contribution >= 0.6 is 0 Å². The van der Waals surface area contributed by atoms with Crippen molar-refractivity contribution in [1.82, 2.24) is 0 Å². The summed E-state index contributed by atoms with van der Waals surface area (Å²) < 4.78 is 0. The lowest BCUT2D eigenvalue weighted by Gasteiger charge is -2.21. The van der Waals surface area contributed by atoms with Gasteiger partial charge in [0.15, 0.2) is 0 Å². The van der Waals surface area contributed by atoms with Gasteiger partial charge in [0.05, 0.1) is 0 Å². The zero-order chi connectivity index (χ0) is 7.56. The van der Waals surface area contributed by atoms with Crippen LogP contribution < -0.4 is 0 Å². The molecular formula is C9H14O. The molecule has 0 N–H and O–H groups in total. The van der Waals surface area contributed by atoms with Crippen LogP contribution in [0, 0.1) is 11.8 Å². The van der Waals surface area contributed by atoms with Crippen LogP contribution in [0.1, 0.15) is 26.7 Å². The molecule has 0 saturated heterocycles. The first-order valence-electron chi connectivity index (χ1n) is 3.89. The van der Waals surface area contributed by atoms with Crippen LogP contribution in [0.15, 0.2) is 12.2 Å². The van der Waals surface area contributed by atoms with E-state index in [1.807, 2.05) is 0 Å². The van der Waals surface area contributed by atoms with Crippen LogP contribution in [0.5, 0.6) is 0 Å². The fraction of sp³-hybridized carbons (Fsp3) is 0.667. The van der Waals surface area contributed by atoms with E-state index in [1.54, 1.807) is 6.92 Å². The molecule has 0 heterocycles. The Labute approximate surface area is 62.1 Å². The summed E-state index contributed by atoms with van der Waals surface area (Å²) in [5, 5.41) is 0. The summed E-state index contributed by atoms with van der Waals surface area (Å²) in [6.45, 7) is 3.81. The van der Waals surface area contributed by atoms with Crippen molar-refractivity contribution in [1.29, 1.82) is 0 Å². The van der Waals surface area contributed by atoms with E-state index in [0.29, 0.717) is 17.6 Å². The SMILES string of the molecule is CC(=O)[C@@H]1CCC=C[C@@H]1C. The predicted molar refractivity (Wildman–Crippen MR) is 41.7 cm³/mol. The van der Waals surface area contributed by atoms with Gasteiger partial charge in [-0.05, 0) is 25.7 Å². The van der Waals surface area contributed by atoms with Crippen LogP contribution in [0.3, 0.4) is 0 Å². The van der Waals surface area contributed by atoms with Crippen LogP contribution in [0.4, 0.5) is 0 Å². The predicted octanol–water partition coefficient (Wildman–Crippen LogP) is 2.18. The lowest BCUT2D eigenvalue weighted by Crippen LogP contribution is -2.20. The lowest BCUT2D eigenvalue weighted by atomic mass is 9.83. The van der Waals surface area contributed by atoms with Crippen molar-refractivity contribution in [2.45, 2.75) is 26.7 Å². The van der Waals surface area contributed by atoms with E-state index in [9.17, 15) is 4.79 Å². The zero-order valence-electron chi connectivity index (χ0n) is 6.63. The monoisotopic (exact) mass is 138 g/mol. The summed E-state index contributed by atoms with van der Waals surface area (Å²) in [6.07, 6.45) is 6.45. The van der Waals surface area contributed by atoms with E-state index < -0.39 is 0 Å². The summed E-state index contributed by atoms with van der Waals surface area (Å²) in [4.78, 5) is 11.0. The molecule has 1 nitrogen and oxygen atoms in total. The second-order valence-electron chi connectivity index (χ2n) is 3.08. The summed E-state index contributed by atoms with van der Waals surface area (Å²) in [6, 6.07) is 0. The average molecular weight is 138 g/mol. The van der Waals surface area contributed by atoms with Crippen LogP contribution in [-0.2, 0) is 4.79 Å². The third kappa shape index (κ3) is 1.47. The third-order valence-corrected chi connectivity index (χ3v) is 2.24. The molecule has 1 heteroatoms. The summed E-state index contributed by atoms with van der Waals surface area (Å²) >= 11 is 0. The van der Waals surface area contributed by atoms with Gasteiger partial charge >= 0.3 is 0 Å². The average Bonchev–Trinajstić information content (AvgIpc) is 1.88. The molecule has 56 valence electrons. The minimum Gasteiger partial charge on any atom is -0.300 e. The fourth-order valence-electron chi connectivity index (χ4n) is 1.56. The van der Waals surface area contributed by atoms with Gasteiger partial charge in [0.2, 0.25) is 0 Å². The Morgan fingerprint density at radius 2 is 2.30 bits per heavy atom. The zero-order valence-corrected chi connectivity index (χ0v) is 6.63. The highest BCUT2D eigenvalue weighted by Crippen LogP contribution is 2.24. The fourth-order valence-corrected chi connectivity index (χ4v) is 1.56. The molecule has 2 atom stereocenters. The normalized spacial score (nSPS) is 32.2. The van der Waals surface area contributed by atoms with Gasteiger partial charge in [0, 0.05) is 5.92 Å². The molecule has 0 spiro atoms. The Bertz CT molecular complexity index is 158. The largest absolute Gasteiger partial charge is 0.300 e. The molecule has 10 heavy (non-hydrogen) atoms. The molecule has 1 rings (SSSR count). The highest BCUT2D eigenvalue weighted by molar-refractivity contribution is 5.78. The number of rotatable bonds is 1. The Morgan fingerprint density at radius 1 is 1.60 bits per heavy atom. The highest BCUT2D eigenvalue weighted by Gasteiger charge is 2.20. The number of allylic oxidation sites excluding steroid dienone is 2. The molecule has 0 aliphatic heterocycles. The second-order valence-corrected chi connectivity index (χ2v) is 3.08. The van der Waals surface area contributed by atoms with Crippen molar-refractivity contribution in [2.24, 2.45) is 11.8 Å². The molecule has 0 aromatic heterocycles. The van der Waals surface area contributed by atoms with E-state index in [1.165, 1.54) is 0 Å². The van der Waals surface area contributed by atoms with Gasteiger partial charge in [-0.25, -0.2) is 0 Å². The van der Waals surface area contributed by atoms with Crippen molar-refractivity contribution >= 4 is 5.78 Å². The molecule has 0 radical (unpaired) electrons. The number of carbonyl (C=O) groups excluding carboxylic acids is 1. The van der Waals surface area contributed by atoms with E-state index in [-0.39, 0.29) is 0 Å². The quantitative estimate of drug-likeness (QED) is 0.507. The van der Waals surface area contributed by atoms with Gasteiger partial charge in [-0.3, -0.25) is 4.79 Å². The van der Waals surface area contributed by atoms with E-state index in [0.717, 1.165) is 12.8 Å². The molecular weight excluding hydrogens is 124 g/mol. The minimum absolute atomic E-state index is 0.296. The van der Waals surface area contributed by atoms with E-state index >= 15 is 0 Å². The van der Waals surface area contributed by atoms with Crippen molar-refractivity contribution in [3.8, 4) is 0 Å². The molecule has 0 fully saturated rings. The molecule has 1 aliphatic rings. The molecule has 1 aliphatic carbocycles. The first-order valence-corrected chi connectivity index (χ1v) is 3.89. The van der Waals surface area contributed by atoms with Crippen molar-refractivity contribution in [3.63, 3.8) is 0 Å². The minimum atomic E-state index is 0.296. The molecule has 0 aromatic carbocycles. The van der Waals surface area contributed by atoms with Gasteiger partial charge < -0.3 is 0 Å². The number of carbonyl (C=O) groups is 1. The first kappa shape index (κ1) is 7.52. The lowest BCUT2D eigenvalue weighted by molar-refractivity contribution is -0.122. The van der Waals surface area contributed by atoms with E-state index in [2.05, 4.69) is 19.1 Å². The maximum atomic E-state index is 11.0. The molecule has 0 saturated carbocycles. The van der Waals surface area contributed by atoms with Crippen LogP contribution in [-0.4, -0.2) is 5.78 Å². The van der Waals surface area contributed by atoms with Crippen molar-refractivity contribution in [3.05, 3.63) is 12.2 Å². The Hall–Kier alpha value is -0.590. The van der Waals surface area contributed by atoms with Gasteiger partial charge in [0.1, 0.15) is 5.78 Å². The molecule has 0 bridgehead atoms. The van der Waals surface area contributed by atoms with Gasteiger partial charge in [0.25, 0.3) is 0 Å². The van der Waals surface area contributed by atoms with Crippen LogP contribution in [0.2, 0.25) is 0 Å². The second kappa shape index (κ2) is 3.00. The maximum Gasteiger partial charge on any atom is 0.133 e. The van der Waals surface area contributed by atoms with Crippen molar-refractivity contribution in [2.75, 3.05) is 0 Å². The summed E-state index contributed by atoms with van der Waals surface area (Å²) in [5.74, 6) is 1.10. The number of ketones is 1. The summed E-state index contributed by atoms with van der Waals surface area (Å²) in [7, 11) is 0. The van der Waals surface area contributed by atoms with Gasteiger partial charge in [-0.15, -0.1) is 0 Å². The highest BCUT2D eigenvalue weighted by atomic mass is 16.1. The maximum absolute atomic E-state index is 11.0. The standard InChI is InChI=1S/C9H14O/c1-7-5-3-4-6-9(7)8(2)10/h3,5,7,9H,4,6H2,1-2H3/t7-,9+/m0/s1. The number of Topliss-reactive ketones (excluding diaryl/α,β-unsaturated/α-hetero) is 1. The first-order chi connectivity index (χ1) is 4.72. The van der Waals surface area contributed by atoms with E-state index in [4.69, 9.17) is 0 Å². The molecule has 0 aromatic rings. The smallest absolute Gasteiger partial charge is 0.133 e. The van der Waals surface area contributed by atoms with Gasteiger partial charge in [-0.2, -0.15) is 0 Å². The Kier molecular flexibility index (Phi) is 2.25. The Balaban J connectivity index is 2.60. The molecule has 0 unspecified atom stereocenters. The number of hydrogen-bond acceptors (Lipinski definition) is 1. The van der Waals surface area contributed by atoms with Crippen molar-refractivity contribution < 1.29 is 4.79 Å². The third-order valence-electron chi connectivity index (χ3n) is 2.24. The Morgan fingerprint density at radius 3 is 2.70 bits per heavy atom. The van der Waals surface area contributed by atoms with Crippen LogP contribution in [0.25, 0.3) is 0 Å². The number of hydrogen-bond donors (Lipinski definition) is 0. The summed E-state index contributed by atoms with van der Waals surface area (Å²) in [5.41, 5.74) is 0. The van der Waals surface area contributed by atoms with Gasteiger partial charge in [-0.1, -0.05) is 19.1 Å².